The number of hydrogen-bond donors (Lipinski definition) is 2. The third-order valence-corrected chi connectivity index (χ3v) is 3.41. The Labute approximate surface area is 120 Å². The van der Waals surface area contributed by atoms with Crippen molar-refractivity contribution in [1.82, 2.24) is 5.32 Å². The molecule has 1 unspecified atom stereocenters. The monoisotopic (exact) mass is 345 g/mol. The van der Waals surface area contributed by atoms with Gasteiger partial charge in [0.2, 0.25) is 11.8 Å². The molecule has 0 radical (unpaired) electrons. The Balaban J connectivity index is 2.29. The number of rotatable bonds is 3. The van der Waals surface area contributed by atoms with Gasteiger partial charge in [-0.25, -0.2) is 4.39 Å². The molecule has 20 heavy (non-hydrogen) atoms. The lowest BCUT2D eigenvalue weighted by atomic mass is 10.1. The molecule has 1 aromatic rings. The van der Waals surface area contributed by atoms with E-state index in [1.165, 1.54) is 0 Å². The quantitative estimate of drug-likeness (QED) is 0.493. The smallest absolute Gasteiger partial charge is 0.293 e. The van der Waals surface area contributed by atoms with E-state index in [0.29, 0.717) is 0 Å². The topological polar surface area (TPSA) is 101 Å². The first-order valence-electron chi connectivity index (χ1n) is 5.62. The summed E-state index contributed by atoms with van der Waals surface area (Å²) in [5, 5.41) is 15.6. The van der Waals surface area contributed by atoms with Crippen molar-refractivity contribution in [2.24, 2.45) is 0 Å². The van der Waals surface area contributed by atoms with Gasteiger partial charge in [0.15, 0.2) is 0 Å². The molecule has 1 heterocycles. The Morgan fingerprint density at radius 1 is 1.45 bits per heavy atom. The number of benzene rings is 1. The van der Waals surface area contributed by atoms with Gasteiger partial charge in [-0.1, -0.05) is 0 Å². The summed E-state index contributed by atoms with van der Waals surface area (Å²) in [5.74, 6) is -1.67. The Bertz CT molecular complexity index is 608. The van der Waals surface area contributed by atoms with Crippen molar-refractivity contribution in [2.75, 3.05) is 5.32 Å². The zero-order valence-corrected chi connectivity index (χ0v) is 11.6. The molecule has 0 aliphatic carbocycles. The van der Waals surface area contributed by atoms with Crippen molar-refractivity contribution in [3.8, 4) is 0 Å². The second-order valence-corrected chi connectivity index (χ2v) is 5.04. The SMILES string of the molecule is O=C1CCC(Nc2cc(F)c(Br)cc2[N+](=O)[O-])C(=O)N1. The number of piperidine rings is 1. The van der Waals surface area contributed by atoms with Gasteiger partial charge in [-0.15, -0.1) is 0 Å². The summed E-state index contributed by atoms with van der Waals surface area (Å²) < 4.78 is 13.4. The van der Waals surface area contributed by atoms with Crippen LogP contribution in [0, 0.1) is 15.9 Å². The molecule has 2 N–H and O–H groups in total. The number of nitrogens with one attached hydrogen (secondary N) is 2. The maximum atomic E-state index is 13.5. The van der Waals surface area contributed by atoms with E-state index in [1.54, 1.807) is 0 Å². The molecule has 2 rings (SSSR count). The second-order valence-electron chi connectivity index (χ2n) is 4.19. The summed E-state index contributed by atoms with van der Waals surface area (Å²) in [7, 11) is 0. The van der Waals surface area contributed by atoms with E-state index >= 15 is 0 Å². The fourth-order valence-electron chi connectivity index (χ4n) is 1.82. The molecule has 0 aromatic heterocycles. The first kappa shape index (κ1) is 14.4. The van der Waals surface area contributed by atoms with Crippen molar-refractivity contribution in [3.63, 3.8) is 0 Å². The Morgan fingerprint density at radius 3 is 2.75 bits per heavy atom. The van der Waals surface area contributed by atoms with Crippen LogP contribution in [-0.4, -0.2) is 22.8 Å². The van der Waals surface area contributed by atoms with Crippen molar-refractivity contribution < 1.29 is 18.9 Å². The Hall–Kier alpha value is -2.03. The van der Waals surface area contributed by atoms with Gasteiger partial charge in [-0.05, 0) is 22.4 Å². The van der Waals surface area contributed by atoms with Gasteiger partial charge in [0.1, 0.15) is 17.5 Å². The predicted molar refractivity (Wildman–Crippen MR) is 70.5 cm³/mol. The molecule has 1 aliphatic rings. The molecule has 0 spiro atoms. The van der Waals surface area contributed by atoms with Crippen LogP contribution in [0.1, 0.15) is 12.8 Å². The number of nitrogens with zero attached hydrogens (tertiary/aromatic N) is 1. The summed E-state index contributed by atoms with van der Waals surface area (Å²) in [6.45, 7) is 0. The van der Waals surface area contributed by atoms with E-state index in [4.69, 9.17) is 0 Å². The van der Waals surface area contributed by atoms with Gasteiger partial charge in [-0.3, -0.25) is 25.0 Å². The van der Waals surface area contributed by atoms with Gasteiger partial charge >= 0.3 is 0 Å². The van der Waals surface area contributed by atoms with Crippen molar-refractivity contribution in [2.45, 2.75) is 18.9 Å². The van der Waals surface area contributed by atoms with Crippen LogP contribution in [-0.2, 0) is 9.59 Å². The van der Waals surface area contributed by atoms with Gasteiger partial charge in [0, 0.05) is 18.6 Å². The predicted octanol–water partition coefficient (Wildman–Crippen LogP) is 1.71. The van der Waals surface area contributed by atoms with Crippen LogP contribution in [0.5, 0.6) is 0 Å². The van der Waals surface area contributed by atoms with Crippen molar-refractivity contribution >= 4 is 39.1 Å². The Morgan fingerprint density at radius 2 is 2.15 bits per heavy atom. The number of anilines is 1. The summed E-state index contributed by atoms with van der Waals surface area (Å²) in [4.78, 5) is 32.8. The van der Waals surface area contributed by atoms with Gasteiger partial charge in [0.25, 0.3) is 5.69 Å². The van der Waals surface area contributed by atoms with Crippen LogP contribution in [0.3, 0.4) is 0 Å². The van der Waals surface area contributed by atoms with Gasteiger partial charge in [-0.2, -0.15) is 0 Å². The zero-order chi connectivity index (χ0) is 14.9. The molecule has 2 amide bonds. The van der Waals surface area contributed by atoms with E-state index in [-0.39, 0.29) is 28.7 Å². The third kappa shape index (κ3) is 2.93. The second kappa shape index (κ2) is 5.53. The fourth-order valence-corrected chi connectivity index (χ4v) is 2.15. The number of imide groups is 1. The highest BCUT2D eigenvalue weighted by atomic mass is 79.9. The number of amides is 2. The minimum absolute atomic E-state index is 0.0435. The first-order valence-corrected chi connectivity index (χ1v) is 6.41. The highest BCUT2D eigenvalue weighted by Gasteiger charge is 2.29. The average Bonchev–Trinajstić information content (AvgIpc) is 2.36. The van der Waals surface area contributed by atoms with Crippen molar-refractivity contribution in [1.29, 1.82) is 0 Å². The molecule has 0 saturated carbocycles. The lowest BCUT2D eigenvalue weighted by Crippen LogP contribution is -2.47. The Kier molecular flexibility index (Phi) is 3.98. The number of halogens is 2. The number of hydrogen-bond acceptors (Lipinski definition) is 5. The molecular formula is C11H9BrFN3O4. The standard InChI is InChI=1S/C11H9BrFN3O4/c12-5-3-9(16(19)20)8(4-6(5)13)14-7-1-2-10(17)15-11(7)18/h3-4,7,14H,1-2H2,(H,15,17,18). The minimum Gasteiger partial charge on any atom is -0.368 e. The summed E-state index contributed by atoms with van der Waals surface area (Å²) in [5.41, 5.74) is -0.465. The van der Waals surface area contributed by atoms with E-state index in [0.717, 1.165) is 12.1 Å². The minimum atomic E-state index is -0.813. The number of nitro benzene ring substituents is 1. The van der Waals surface area contributed by atoms with E-state index in [2.05, 4.69) is 26.6 Å². The summed E-state index contributed by atoms with van der Waals surface area (Å²) in [6.07, 6.45) is 0.315. The highest BCUT2D eigenvalue weighted by molar-refractivity contribution is 9.10. The molecular weight excluding hydrogens is 337 g/mol. The summed E-state index contributed by atoms with van der Waals surface area (Å²) >= 11 is 2.86. The molecule has 9 heteroatoms. The molecule has 1 fully saturated rings. The molecule has 1 atom stereocenters. The van der Waals surface area contributed by atoms with Crippen LogP contribution < -0.4 is 10.6 Å². The van der Waals surface area contributed by atoms with Crippen LogP contribution in [0.4, 0.5) is 15.8 Å². The van der Waals surface area contributed by atoms with Crippen LogP contribution in [0.25, 0.3) is 0 Å². The maximum absolute atomic E-state index is 13.5. The average molecular weight is 346 g/mol. The lowest BCUT2D eigenvalue weighted by Gasteiger charge is -2.22. The van der Waals surface area contributed by atoms with Crippen LogP contribution in [0.15, 0.2) is 16.6 Å². The van der Waals surface area contributed by atoms with Crippen molar-refractivity contribution in [3.05, 3.63) is 32.5 Å². The normalized spacial score (nSPS) is 18.6. The lowest BCUT2D eigenvalue weighted by molar-refractivity contribution is -0.384. The van der Waals surface area contributed by atoms with E-state index in [1.807, 2.05) is 0 Å². The van der Waals surface area contributed by atoms with Gasteiger partial charge in [0.05, 0.1) is 9.40 Å². The molecule has 0 bridgehead atoms. The molecule has 1 saturated heterocycles. The fraction of sp³-hybridized carbons (Fsp3) is 0.273. The van der Waals surface area contributed by atoms with Gasteiger partial charge < -0.3 is 5.32 Å². The number of nitro groups is 1. The maximum Gasteiger partial charge on any atom is 0.293 e. The molecule has 1 aliphatic heterocycles. The van der Waals surface area contributed by atoms with Crippen LogP contribution in [0.2, 0.25) is 0 Å². The molecule has 7 nitrogen and oxygen atoms in total. The van der Waals surface area contributed by atoms with Crippen LogP contribution >= 0.6 is 15.9 Å². The molecule has 106 valence electrons. The largest absolute Gasteiger partial charge is 0.368 e. The van der Waals surface area contributed by atoms with E-state index in [9.17, 15) is 24.1 Å². The number of carbonyl (C=O) groups excluding carboxylic acids is 2. The zero-order valence-electron chi connectivity index (χ0n) is 9.98. The third-order valence-electron chi connectivity index (χ3n) is 2.80. The molecule has 1 aromatic carbocycles. The van der Waals surface area contributed by atoms with E-state index < -0.39 is 28.6 Å². The summed E-state index contributed by atoms with van der Waals surface area (Å²) in [6, 6.07) is 1.14. The highest BCUT2D eigenvalue weighted by Crippen LogP contribution is 2.31. The first-order chi connectivity index (χ1) is 9.38. The number of carbonyl (C=O) groups is 2.